The summed E-state index contributed by atoms with van der Waals surface area (Å²) in [6, 6.07) is 7.34. The van der Waals surface area contributed by atoms with E-state index in [4.69, 9.17) is 0 Å². The molecule has 0 atom stereocenters. The SMILES string of the molecule is C=C(N(C)C)n1[nH][n+](=O)c2ccccc21. The normalized spacial score (nSPS) is 10.5. The van der Waals surface area contributed by atoms with Gasteiger partial charge in [0.25, 0.3) is 0 Å². The topological polar surface area (TPSA) is 46.9 Å². The van der Waals surface area contributed by atoms with Crippen LogP contribution in [0.3, 0.4) is 0 Å². The molecule has 2 rings (SSSR count). The Morgan fingerprint density at radius 2 is 2.13 bits per heavy atom. The van der Waals surface area contributed by atoms with E-state index in [1.54, 1.807) is 10.7 Å². The van der Waals surface area contributed by atoms with Gasteiger partial charge in [0.1, 0.15) is 0 Å². The van der Waals surface area contributed by atoms with E-state index in [0.717, 1.165) is 10.1 Å². The van der Waals surface area contributed by atoms with Crippen LogP contribution in [-0.2, 0) is 0 Å². The molecular formula is C10H13N4O+. The quantitative estimate of drug-likeness (QED) is 0.739. The van der Waals surface area contributed by atoms with Gasteiger partial charge in [-0.15, -0.1) is 4.68 Å². The Morgan fingerprint density at radius 1 is 1.47 bits per heavy atom. The minimum Gasteiger partial charge on any atom is -0.344 e. The largest absolute Gasteiger partial charge is 0.344 e. The number of nitrogens with one attached hydrogen (secondary N) is 1. The minimum absolute atomic E-state index is 0.598. The summed E-state index contributed by atoms with van der Waals surface area (Å²) >= 11 is 0. The number of hydrogen-bond acceptors (Lipinski definition) is 2. The Hall–Kier alpha value is -2.04. The van der Waals surface area contributed by atoms with E-state index in [0.29, 0.717) is 11.3 Å². The average molecular weight is 205 g/mol. The summed E-state index contributed by atoms with van der Waals surface area (Å²) in [5, 5.41) is 2.67. The van der Waals surface area contributed by atoms with Crippen molar-refractivity contribution in [2.75, 3.05) is 14.1 Å². The summed E-state index contributed by atoms with van der Waals surface area (Å²) in [4.78, 5) is 13.3. The van der Waals surface area contributed by atoms with Crippen LogP contribution in [0.15, 0.2) is 30.8 Å². The maximum atomic E-state index is 11.5. The van der Waals surface area contributed by atoms with Crippen LogP contribution < -0.4 is 4.54 Å². The van der Waals surface area contributed by atoms with Crippen molar-refractivity contribution < 1.29 is 4.54 Å². The van der Waals surface area contributed by atoms with E-state index >= 15 is 0 Å². The van der Waals surface area contributed by atoms with E-state index < -0.39 is 0 Å². The first-order valence-electron chi connectivity index (χ1n) is 4.60. The van der Waals surface area contributed by atoms with Gasteiger partial charge in [0.15, 0.2) is 0 Å². The molecule has 2 aromatic rings. The van der Waals surface area contributed by atoms with Crippen LogP contribution in [0.4, 0.5) is 0 Å². The zero-order chi connectivity index (χ0) is 11.0. The smallest absolute Gasteiger partial charge is 0.250 e. The fraction of sp³-hybridized carbons (Fsp3) is 0.200. The Kier molecular flexibility index (Phi) is 2.07. The number of nitrogens with zero attached hydrogens (tertiary/aromatic N) is 3. The van der Waals surface area contributed by atoms with Crippen LogP contribution in [0.1, 0.15) is 0 Å². The van der Waals surface area contributed by atoms with Crippen LogP contribution in [0, 0.1) is 4.91 Å². The lowest BCUT2D eigenvalue weighted by Crippen LogP contribution is -2.21. The minimum atomic E-state index is 0.598. The van der Waals surface area contributed by atoms with Crippen molar-refractivity contribution in [3.63, 3.8) is 0 Å². The summed E-state index contributed by atoms with van der Waals surface area (Å²) in [5.41, 5.74) is 1.41. The number of hydrogen-bond donors (Lipinski definition) is 1. The van der Waals surface area contributed by atoms with Crippen molar-refractivity contribution in [1.29, 1.82) is 0 Å². The molecule has 1 heterocycles. The zero-order valence-electron chi connectivity index (χ0n) is 8.77. The summed E-state index contributed by atoms with van der Waals surface area (Å²) in [7, 11) is 3.75. The van der Waals surface area contributed by atoms with Crippen molar-refractivity contribution in [3.05, 3.63) is 35.8 Å². The molecule has 0 aliphatic rings. The number of H-pyrrole nitrogens is 1. The summed E-state index contributed by atoms with van der Waals surface area (Å²) in [6.45, 7) is 3.89. The van der Waals surface area contributed by atoms with Gasteiger partial charge in [0.2, 0.25) is 16.9 Å². The highest BCUT2D eigenvalue weighted by atomic mass is 16.3. The number of aromatic nitrogens is 3. The van der Waals surface area contributed by atoms with Gasteiger partial charge in [-0.1, -0.05) is 12.1 Å². The van der Waals surface area contributed by atoms with Crippen molar-refractivity contribution in [2.45, 2.75) is 0 Å². The second-order valence-corrected chi connectivity index (χ2v) is 3.53. The molecule has 78 valence electrons. The molecule has 0 saturated heterocycles. The van der Waals surface area contributed by atoms with Crippen LogP contribution >= 0.6 is 0 Å². The predicted molar refractivity (Wildman–Crippen MR) is 58.7 cm³/mol. The number of rotatable bonds is 2. The zero-order valence-corrected chi connectivity index (χ0v) is 8.77. The standard InChI is InChI=1S/C10H13N4O/c1-8(12(2)3)13-9-6-4-5-7-10(9)14(15)11-13/h4-7H,1H2,2-3H3,(H,11,15)/q+1. The summed E-state index contributed by atoms with van der Waals surface area (Å²) in [6.07, 6.45) is 0. The molecule has 0 aliphatic carbocycles. The number of para-hydroxylation sites is 2. The van der Waals surface area contributed by atoms with Gasteiger partial charge in [-0.3, -0.25) is 0 Å². The second-order valence-electron chi connectivity index (χ2n) is 3.53. The van der Waals surface area contributed by atoms with E-state index in [2.05, 4.69) is 11.8 Å². The van der Waals surface area contributed by atoms with Crippen molar-refractivity contribution in [3.8, 4) is 0 Å². The maximum Gasteiger partial charge on any atom is 0.250 e. The Bertz CT molecular complexity index is 564. The van der Waals surface area contributed by atoms with Gasteiger partial charge < -0.3 is 4.90 Å². The van der Waals surface area contributed by atoms with Gasteiger partial charge in [0.05, 0.1) is 4.54 Å². The van der Waals surface area contributed by atoms with Gasteiger partial charge in [0, 0.05) is 14.1 Å². The van der Waals surface area contributed by atoms with Crippen LogP contribution in [0.2, 0.25) is 0 Å². The number of fused-ring (bicyclic) bond motifs is 1. The van der Waals surface area contributed by atoms with E-state index in [1.165, 1.54) is 0 Å². The molecule has 5 nitrogen and oxygen atoms in total. The molecule has 1 N–H and O–H groups in total. The average Bonchev–Trinajstić information content (AvgIpc) is 2.56. The Labute approximate surface area is 86.8 Å². The molecule has 1 aromatic carbocycles. The lowest BCUT2D eigenvalue weighted by atomic mass is 10.3. The van der Waals surface area contributed by atoms with E-state index in [1.807, 2.05) is 37.2 Å². The highest BCUT2D eigenvalue weighted by molar-refractivity contribution is 5.74. The molecule has 1 aromatic heterocycles. The van der Waals surface area contributed by atoms with Gasteiger partial charge in [-0.05, 0) is 28.8 Å². The van der Waals surface area contributed by atoms with E-state index in [9.17, 15) is 4.91 Å². The number of benzene rings is 1. The molecule has 0 bridgehead atoms. The lowest BCUT2D eigenvalue weighted by Gasteiger charge is -2.10. The van der Waals surface area contributed by atoms with Crippen LogP contribution in [0.5, 0.6) is 0 Å². The molecule has 0 amide bonds. The highest BCUT2D eigenvalue weighted by Crippen LogP contribution is 2.12. The summed E-state index contributed by atoms with van der Waals surface area (Å²) in [5.74, 6) is 0.709. The fourth-order valence-corrected chi connectivity index (χ4v) is 1.42. The molecule has 0 radical (unpaired) electrons. The summed E-state index contributed by atoms with van der Waals surface area (Å²) < 4.78 is 2.38. The molecule has 0 unspecified atom stereocenters. The Balaban J connectivity index is 2.73. The molecule has 0 fully saturated rings. The molecular weight excluding hydrogens is 192 g/mol. The van der Waals surface area contributed by atoms with Crippen LogP contribution in [0.25, 0.3) is 16.9 Å². The molecule has 5 heteroatoms. The fourth-order valence-electron chi connectivity index (χ4n) is 1.42. The second kappa shape index (κ2) is 3.27. The Morgan fingerprint density at radius 3 is 2.80 bits per heavy atom. The third kappa shape index (κ3) is 1.41. The lowest BCUT2D eigenvalue weighted by molar-refractivity contribution is -0.539. The predicted octanol–water partition coefficient (Wildman–Crippen LogP) is 0.874. The van der Waals surface area contributed by atoms with Gasteiger partial charge in [-0.2, -0.15) is 0 Å². The van der Waals surface area contributed by atoms with Crippen molar-refractivity contribution >= 4 is 16.9 Å². The van der Waals surface area contributed by atoms with Crippen molar-refractivity contribution in [2.24, 2.45) is 0 Å². The molecule has 0 aliphatic heterocycles. The molecule has 15 heavy (non-hydrogen) atoms. The first-order valence-corrected chi connectivity index (χ1v) is 4.60. The third-order valence-corrected chi connectivity index (χ3v) is 2.31. The number of aromatic amines is 1. The first-order chi connectivity index (χ1) is 7.11. The maximum absolute atomic E-state index is 11.5. The highest BCUT2D eigenvalue weighted by Gasteiger charge is 2.16. The first kappa shape index (κ1) is 9.51. The van der Waals surface area contributed by atoms with E-state index in [-0.39, 0.29) is 0 Å². The third-order valence-electron chi connectivity index (χ3n) is 2.31. The van der Waals surface area contributed by atoms with Gasteiger partial charge in [-0.25, -0.2) is 0 Å². The monoisotopic (exact) mass is 205 g/mol. The van der Waals surface area contributed by atoms with Gasteiger partial charge >= 0.3 is 0 Å². The molecule has 0 saturated carbocycles. The van der Waals surface area contributed by atoms with Crippen LogP contribution in [-0.4, -0.2) is 28.9 Å². The van der Waals surface area contributed by atoms with Crippen molar-refractivity contribution in [1.82, 2.24) is 14.8 Å². The molecule has 0 spiro atoms.